The molecular formula is C30H45N2O3+. The van der Waals surface area contributed by atoms with Crippen molar-refractivity contribution >= 4 is 5.97 Å². The predicted octanol–water partition coefficient (Wildman–Crippen LogP) is 4.20. The standard InChI is InChI=1S/C30H45N2O3/c1-5-31(6-2)23-15-16-24-32(7-3,8-4)25-17-18-26-35-29(33)30(34,27-19-11-9-12-20-27)28-21-13-10-14-22-28/h9,11-12,19-20,28,34H,5-8,10,13-14,21-26H2,1-4H3/q+1. The van der Waals surface area contributed by atoms with Crippen LogP contribution in [-0.4, -0.2) is 72.9 Å². The molecule has 1 N–H and O–H groups in total. The number of aliphatic hydroxyl groups is 1. The van der Waals surface area contributed by atoms with Crippen LogP contribution in [0.4, 0.5) is 0 Å². The maximum Gasteiger partial charge on any atom is 0.344 e. The quantitative estimate of drug-likeness (QED) is 0.292. The maximum atomic E-state index is 13.1. The van der Waals surface area contributed by atoms with Crippen LogP contribution in [0.2, 0.25) is 0 Å². The molecule has 1 aromatic rings. The van der Waals surface area contributed by atoms with Crippen molar-refractivity contribution in [2.45, 2.75) is 65.4 Å². The van der Waals surface area contributed by atoms with Gasteiger partial charge in [0.1, 0.15) is 13.1 Å². The van der Waals surface area contributed by atoms with Gasteiger partial charge in [0.15, 0.2) is 12.2 Å². The van der Waals surface area contributed by atoms with Crippen LogP contribution in [0.1, 0.15) is 65.4 Å². The predicted molar refractivity (Wildman–Crippen MR) is 142 cm³/mol. The average molecular weight is 482 g/mol. The summed E-state index contributed by atoms with van der Waals surface area (Å²) in [4.78, 5) is 15.5. The van der Waals surface area contributed by atoms with Crippen LogP contribution < -0.4 is 0 Å². The van der Waals surface area contributed by atoms with Gasteiger partial charge in [0.05, 0.1) is 19.6 Å². The van der Waals surface area contributed by atoms with E-state index in [0.29, 0.717) is 12.1 Å². The first kappa shape index (κ1) is 28.9. The molecule has 192 valence electrons. The number of nitrogens with zero attached hydrogens (tertiary/aromatic N) is 2. The second kappa shape index (κ2) is 14.9. The van der Waals surface area contributed by atoms with Crippen LogP contribution in [0.3, 0.4) is 0 Å². The monoisotopic (exact) mass is 481 g/mol. The highest BCUT2D eigenvalue weighted by atomic mass is 16.5. The van der Waals surface area contributed by atoms with E-state index in [-0.39, 0.29) is 12.5 Å². The van der Waals surface area contributed by atoms with Gasteiger partial charge in [-0.3, -0.25) is 4.90 Å². The summed E-state index contributed by atoms with van der Waals surface area (Å²) in [5.41, 5.74) is -1.00. The van der Waals surface area contributed by atoms with Crippen molar-refractivity contribution in [2.24, 2.45) is 5.92 Å². The van der Waals surface area contributed by atoms with Gasteiger partial charge >= 0.3 is 5.97 Å². The minimum Gasteiger partial charge on any atom is -0.450 e. The molecule has 0 aliphatic heterocycles. The Morgan fingerprint density at radius 2 is 1.57 bits per heavy atom. The Morgan fingerprint density at radius 3 is 2.14 bits per heavy atom. The minimum atomic E-state index is -1.61. The van der Waals surface area contributed by atoms with Gasteiger partial charge in [0.25, 0.3) is 0 Å². The van der Waals surface area contributed by atoms with Crippen molar-refractivity contribution in [3.63, 3.8) is 0 Å². The van der Waals surface area contributed by atoms with Gasteiger partial charge in [-0.15, -0.1) is 0 Å². The molecular weight excluding hydrogens is 436 g/mol. The summed E-state index contributed by atoms with van der Waals surface area (Å²) in [6.45, 7) is 14.8. The third kappa shape index (κ3) is 8.11. The third-order valence-corrected chi connectivity index (χ3v) is 7.61. The van der Waals surface area contributed by atoms with Gasteiger partial charge in [-0.1, -0.05) is 75.3 Å². The molecule has 1 aliphatic rings. The van der Waals surface area contributed by atoms with Crippen molar-refractivity contribution < 1.29 is 19.1 Å². The normalized spacial score (nSPS) is 15.9. The summed E-state index contributed by atoms with van der Waals surface area (Å²) in [7, 11) is 0. The van der Waals surface area contributed by atoms with Crippen molar-refractivity contribution in [1.29, 1.82) is 0 Å². The van der Waals surface area contributed by atoms with E-state index >= 15 is 0 Å². The number of quaternary nitrogens is 1. The van der Waals surface area contributed by atoms with Gasteiger partial charge in [-0.2, -0.15) is 0 Å². The zero-order valence-electron chi connectivity index (χ0n) is 22.3. The molecule has 0 aromatic heterocycles. The van der Waals surface area contributed by atoms with Crippen molar-refractivity contribution in [3.8, 4) is 23.7 Å². The van der Waals surface area contributed by atoms with Crippen molar-refractivity contribution in [3.05, 3.63) is 35.9 Å². The summed E-state index contributed by atoms with van der Waals surface area (Å²) < 4.78 is 6.34. The number of hydrogen-bond donors (Lipinski definition) is 1. The molecule has 35 heavy (non-hydrogen) atoms. The molecule has 1 atom stereocenters. The summed E-state index contributed by atoms with van der Waals surface area (Å²) in [6.07, 6.45) is 4.86. The topological polar surface area (TPSA) is 49.8 Å². The fourth-order valence-electron chi connectivity index (χ4n) is 4.78. The average Bonchev–Trinajstić information content (AvgIpc) is 2.92. The Kier molecular flexibility index (Phi) is 12.4. The number of esters is 1. The summed E-state index contributed by atoms with van der Waals surface area (Å²) in [5.74, 6) is 12.2. The molecule has 1 unspecified atom stereocenters. The lowest BCUT2D eigenvalue weighted by atomic mass is 9.73. The Morgan fingerprint density at radius 1 is 0.971 bits per heavy atom. The molecule has 0 bridgehead atoms. The van der Waals surface area contributed by atoms with Crippen LogP contribution in [0.25, 0.3) is 0 Å². The van der Waals surface area contributed by atoms with E-state index in [9.17, 15) is 9.90 Å². The molecule has 5 heteroatoms. The van der Waals surface area contributed by atoms with Crippen LogP contribution >= 0.6 is 0 Å². The second-order valence-corrected chi connectivity index (χ2v) is 9.50. The lowest BCUT2D eigenvalue weighted by Gasteiger charge is -2.36. The molecule has 0 heterocycles. The Bertz CT molecular complexity index is 879. The van der Waals surface area contributed by atoms with Gasteiger partial charge in [0.2, 0.25) is 0 Å². The number of carbonyl (C=O) groups is 1. The number of rotatable bonds is 11. The van der Waals surface area contributed by atoms with Crippen LogP contribution in [0, 0.1) is 29.6 Å². The fraction of sp³-hybridized carbons (Fsp3) is 0.633. The van der Waals surface area contributed by atoms with Crippen molar-refractivity contribution in [2.75, 3.05) is 52.4 Å². The molecule has 1 saturated carbocycles. The highest BCUT2D eigenvalue weighted by Gasteiger charge is 2.47. The molecule has 0 spiro atoms. The maximum absolute atomic E-state index is 13.1. The van der Waals surface area contributed by atoms with E-state index in [1.165, 1.54) is 0 Å². The molecule has 1 aliphatic carbocycles. The van der Waals surface area contributed by atoms with Gasteiger partial charge in [-0.05, 0) is 57.2 Å². The molecule has 0 amide bonds. The van der Waals surface area contributed by atoms with Crippen LogP contribution in [0.5, 0.6) is 0 Å². The van der Waals surface area contributed by atoms with E-state index in [0.717, 1.165) is 75.9 Å². The lowest BCUT2D eigenvalue weighted by molar-refractivity contribution is -0.911. The second-order valence-electron chi connectivity index (χ2n) is 9.50. The van der Waals surface area contributed by atoms with Gasteiger partial charge in [0, 0.05) is 5.92 Å². The molecule has 0 radical (unpaired) electrons. The van der Waals surface area contributed by atoms with Crippen molar-refractivity contribution in [1.82, 2.24) is 4.90 Å². The highest BCUT2D eigenvalue weighted by Crippen LogP contribution is 2.40. The van der Waals surface area contributed by atoms with E-state index in [4.69, 9.17) is 4.74 Å². The highest BCUT2D eigenvalue weighted by molar-refractivity contribution is 5.81. The number of hydrogen-bond acceptors (Lipinski definition) is 4. The third-order valence-electron chi connectivity index (χ3n) is 7.61. The Hall–Kier alpha value is -2.31. The summed E-state index contributed by atoms with van der Waals surface area (Å²) >= 11 is 0. The van der Waals surface area contributed by atoms with Gasteiger partial charge < -0.3 is 14.3 Å². The van der Waals surface area contributed by atoms with Crippen LogP contribution in [0.15, 0.2) is 30.3 Å². The summed E-state index contributed by atoms with van der Waals surface area (Å²) in [5, 5.41) is 11.6. The fourth-order valence-corrected chi connectivity index (χ4v) is 4.78. The van der Waals surface area contributed by atoms with E-state index in [1.807, 2.05) is 30.3 Å². The van der Waals surface area contributed by atoms with E-state index in [1.54, 1.807) is 0 Å². The number of ether oxygens (including phenoxy) is 1. The SMILES string of the molecule is CCN(CC)CC#CC[N+](CC)(CC)CC#CCOC(=O)C(O)(c1ccccc1)C1CCCCC1. The molecule has 1 fully saturated rings. The summed E-state index contributed by atoms with van der Waals surface area (Å²) in [6, 6.07) is 9.23. The zero-order chi connectivity index (χ0) is 25.6. The minimum absolute atomic E-state index is 0.0121. The molecule has 0 saturated heterocycles. The van der Waals surface area contributed by atoms with E-state index in [2.05, 4.69) is 56.3 Å². The Labute approximate surface area is 213 Å². The molecule has 2 rings (SSSR count). The smallest absolute Gasteiger partial charge is 0.344 e. The lowest BCUT2D eigenvalue weighted by Crippen LogP contribution is -2.48. The number of carbonyl (C=O) groups excluding carboxylic acids is 1. The zero-order valence-corrected chi connectivity index (χ0v) is 22.3. The molecule has 5 nitrogen and oxygen atoms in total. The largest absolute Gasteiger partial charge is 0.450 e. The Balaban J connectivity index is 2.00. The first-order chi connectivity index (χ1) is 17.0. The van der Waals surface area contributed by atoms with Gasteiger partial charge in [-0.25, -0.2) is 4.79 Å². The van der Waals surface area contributed by atoms with E-state index < -0.39 is 11.6 Å². The first-order valence-electron chi connectivity index (χ1n) is 13.4. The van der Waals surface area contributed by atoms with Crippen LogP contribution in [-0.2, 0) is 15.1 Å². The molecule has 1 aromatic carbocycles. The first-order valence-corrected chi connectivity index (χ1v) is 13.4. The number of benzene rings is 1.